The maximum Gasteiger partial charge on any atom is 0.124 e. The molecule has 0 aromatic carbocycles. The predicted octanol–water partition coefficient (Wildman–Crippen LogP) is 4.16. The molecule has 0 saturated heterocycles. The van der Waals surface area contributed by atoms with Crippen molar-refractivity contribution in [1.82, 2.24) is 9.78 Å². The first-order valence-corrected chi connectivity index (χ1v) is 8.72. The van der Waals surface area contributed by atoms with Crippen LogP contribution < -0.4 is 5.32 Å². The van der Waals surface area contributed by atoms with Crippen molar-refractivity contribution < 1.29 is 0 Å². The summed E-state index contributed by atoms with van der Waals surface area (Å²) in [4.78, 5) is 0. The molecule has 1 aromatic rings. The standard InChI is InChI=1S/C17H27N3/c1-2-6-13(7-3-1)10-15-11-17-18-12-14-8-4-5-9-16(14)20(17)19-15/h11,13-14,16,18H,1-10,12H2. The summed E-state index contributed by atoms with van der Waals surface area (Å²) in [6.07, 6.45) is 13.9. The van der Waals surface area contributed by atoms with Crippen LogP contribution in [0.3, 0.4) is 0 Å². The molecule has 2 saturated carbocycles. The molecule has 2 aliphatic carbocycles. The third kappa shape index (κ3) is 2.36. The van der Waals surface area contributed by atoms with Gasteiger partial charge in [-0.2, -0.15) is 5.10 Å². The second kappa shape index (κ2) is 5.42. The van der Waals surface area contributed by atoms with E-state index in [9.17, 15) is 0 Å². The second-order valence-electron chi connectivity index (χ2n) is 7.17. The first-order chi connectivity index (χ1) is 9.90. The molecule has 20 heavy (non-hydrogen) atoms. The molecule has 0 bridgehead atoms. The minimum atomic E-state index is 0.681. The summed E-state index contributed by atoms with van der Waals surface area (Å²) >= 11 is 0. The molecule has 1 aromatic heterocycles. The number of fused-ring (bicyclic) bond motifs is 3. The van der Waals surface area contributed by atoms with Gasteiger partial charge in [0.2, 0.25) is 0 Å². The van der Waals surface area contributed by atoms with Gasteiger partial charge in [0.25, 0.3) is 0 Å². The van der Waals surface area contributed by atoms with Gasteiger partial charge >= 0.3 is 0 Å². The van der Waals surface area contributed by atoms with Gasteiger partial charge in [-0.15, -0.1) is 0 Å². The molecular weight excluding hydrogens is 246 g/mol. The minimum Gasteiger partial charge on any atom is -0.370 e. The van der Waals surface area contributed by atoms with Crippen LogP contribution in [-0.4, -0.2) is 16.3 Å². The summed E-state index contributed by atoms with van der Waals surface area (Å²) < 4.78 is 2.34. The Morgan fingerprint density at radius 1 is 1.05 bits per heavy atom. The molecule has 0 radical (unpaired) electrons. The third-order valence-corrected chi connectivity index (χ3v) is 5.74. The number of anilines is 1. The summed E-state index contributed by atoms with van der Waals surface area (Å²) in [6.45, 7) is 1.17. The molecule has 1 aliphatic heterocycles. The second-order valence-corrected chi connectivity index (χ2v) is 7.17. The summed E-state index contributed by atoms with van der Waals surface area (Å²) in [7, 11) is 0. The van der Waals surface area contributed by atoms with E-state index in [1.807, 2.05) is 0 Å². The van der Waals surface area contributed by atoms with Crippen LogP contribution >= 0.6 is 0 Å². The van der Waals surface area contributed by atoms with E-state index < -0.39 is 0 Å². The topological polar surface area (TPSA) is 29.9 Å². The van der Waals surface area contributed by atoms with Crippen molar-refractivity contribution in [3.05, 3.63) is 11.8 Å². The summed E-state index contributed by atoms with van der Waals surface area (Å²) in [5.74, 6) is 3.00. The maximum atomic E-state index is 4.98. The zero-order valence-corrected chi connectivity index (χ0v) is 12.5. The Morgan fingerprint density at radius 2 is 1.85 bits per heavy atom. The maximum absolute atomic E-state index is 4.98. The largest absolute Gasteiger partial charge is 0.370 e. The molecule has 4 rings (SSSR count). The van der Waals surface area contributed by atoms with Gasteiger partial charge in [0.15, 0.2) is 0 Å². The molecule has 110 valence electrons. The summed E-state index contributed by atoms with van der Waals surface area (Å²) in [5, 5.41) is 8.60. The van der Waals surface area contributed by atoms with E-state index in [0.29, 0.717) is 6.04 Å². The molecule has 2 fully saturated rings. The minimum absolute atomic E-state index is 0.681. The molecular formula is C17H27N3. The van der Waals surface area contributed by atoms with E-state index in [4.69, 9.17) is 5.10 Å². The van der Waals surface area contributed by atoms with Gasteiger partial charge in [-0.3, -0.25) is 0 Å². The van der Waals surface area contributed by atoms with Gasteiger partial charge in [0.05, 0.1) is 11.7 Å². The molecule has 3 aliphatic rings. The zero-order valence-electron chi connectivity index (χ0n) is 12.5. The lowest BCUT2D eigenvalue weighted by atomic mass is 9.83. The van der Waals surface area contributed by atoms with Crippen LogP contribution in [0.5, 0.6) is 0 Å². The van der Waals surface area contributed by atoms with Crippen LogP contribution in [0.1, 0.15) is 69.5 Å². The van der Waals surface area contributed by atoms with Crippen molar-refractivity contribution in [3.63, 3.8) is 0 Å². The fourth-order valence-electron chi connectivity index (χ4n) is 4.60. The molecule has 3 heteroatoms. The van der Waals surface area contributed by atoms with Crippen molar-refractivity contribution >= 4 is 5.82 Å². The zero-order chi connectivity index (χ0) is 13.4. The van der Waals surface area contributed by atoms with Crippen molar-refractivity contribution in [3.8, 4) is 0 Å². The smallest absolute Gasteiger partial charge is 0.124 e. The molecule has 2 heterocycles. The van der Waals surface area contributed by atoms with E-state index in [0.717, 1.165) is 11.8 Å². The Balaban J connectivity index is 1.51. The number of nitrogens with one attached hydrogen (secondary N) is 1. The van der Waals surface area contributed by atoms with Gasteiger partial charge in [-0.1, -0.05) is 44.9 Å². The number of aromatic nitrogens is 2. The molecule has 0 spiro atoms. The number of nitrogens with zero attached hydrogens (tertiary/aromatic N) is 2. The Labute approximate surface area is 122 Å². The highest BCUT2D eigenvalue weighted by Crippen LogP contribution is 2.39. The van der Waals surface area contributed by atoms with Gasteiger partial charge in [0, 0.05) is 12.6 Å². The van der Waals surface area contributed by atoms with Crippen LogP contribution in [0.25, 0.3) is 0 Å². The Morgan fingerprint density at radius 3 is 2.75 bits per heavy atom. The predicted molar refractivity (Wildman–Crippen MR) is 82.0 cm³/mol. The number of hydrogen-bond donors (Lipinski definition) is 1. The van der Waals surface area contributed by atoms with Gasteiger partial charge < -0.3 is 5.32 Å². The van der Waals surface area contributed by atoms with Crippen molar-refractivity contribution in [2.45, 2.75) is 70.3 Å². The van der Waals surface area contributed by atoms with Crippen molar-refractivity contribution in [2.75, 3.05) is 11.9 Å². The first kappa shape index (κ1) is 12.7. The fourth-order valence-corrected chi connectivity index (χ4v) is 4.60. The average molecular weight is 273 g/mol. The van der Waals surface area contributed by atoms with E-state index in [-0.39, 0.29) is 0 Å². The van der Waals surface area contributed by atoms with E-state index in [2.05, 4.69) is 16.1 Å². The highest BCUT2D eigenvalue weighted by molar-refractivity contribution is 5.40. The van der Waals surface area contributed by atoms with Gasteiger partial charge in [0.1, 0.15) is 5.82 Å². The molecule has 2 unspecified atom stereocenters. The molecule has 0 amide bonds. The van der Waals surface area contributed by atoms with Crippen LogP contribution in [0.15, 0.2) is 6.07 Å². The van der Waals surface area contributed by atoms with Crippen LogP contribution in [0.4, 0.5) is 5.82 Å². The molecule has 1 N–H and O–H groups in total. The Hall–Kier alpha value is -0.990. The van der Waals surface area contributed by atoms with E-state index in [1.165, 1.54) is 82.3 Å². The molecule has 3 nitrogen and oxygen atoms in total. The lowest BCUT2D eigenvalue weighted by Gasteiger charge is -2.36. The highest BCUT2D eigenvalue weighted by atomic mass is 15.4. The van der Waals surface area contributed by atoms with Crippen molar-refractivity contribution in [1.29, 1.82) is 0 Å². The number of hydrogen-bond acceptors (Lipinski definition) is 2. The van der Waals surface area contributed by atoms with E-state index in [1.54, 1.807) is 0 Å². The van der Waals surface area contributed by atoms with Gasteiger partial charge in [-0.25, -0.2) is 4.68 Å². The van der Waals surface area contributed by atoms with Crippen LogP contribution in [0.2, 0.25) is 0 Å². The summed E-state index contributed by atoms with van der Waals surface area (Å²) in [5.41, 5.74) is 1.34. The normalized spacial score (nSPS) is 30.4. The lowest BCUT2D eigenvalue weighted by molar-refractivity contribution is 0.221. The molecule has 2 atom stereocenters. The van der Waals surface area contributed by atoms with Crippen LogP contribution in [-0.2, 0) is 6.42 Å². The van der Waals surface area contributed by atoms with Crippen molar-refractivity contribution in [2.24, 2.45) is 11.8 Å². The monoisotopic (exact) mass is 273 g/mol. The summed E-state index contributed by atoms with van der Waals surface area (Å²) in [6, 6.07) is 3.01. The van der Waals surface area contributed by atoms with Gasteiger partial charge in [-0.05, 0) is 31.1 Å². The average Bonchev–Trinajstić information content (AvgIpc) is 2.91. The third-order valence-electron chi connectivity index (χ3n) is 5.74. The quantitative estimate of drug-likeness (QED) is 0.876. The highest BCUT2D eigenvalue weighted by Gasteiger charge is 2.32. The number of rotatable bonds is 2. The van der Waals surface area contributed by atoms with E-state index >= 15 is 0 Å². The Bertz CT molecular complexity index is 459. The van der Waals surface area contributed by atoms with Crippen LogP contribution in [0, 0.1) is 11.8 Å². The first-order valence-electron chi connectivity index (χ1n) is 8.72. The Kier molecular flexibility index (Phi) is 3.45. The fraction of sp³-hybridized carbons (Fsp3) is 0.824. The SMILES string of the molecule is c1c(CC2CCCCC2)nn2c1NCC1CCCCC12. The lowest BCUT2D eigenvalue weighted by Crippen LogP contribution is -2.35.